The van der Waals surface area contributed by atoms with Gasteiger partial charge in [-0.2, -0.15) is 0 Å². The second-order valence-electron chi connectivity index (χ2n) is 7.92. The zero-order chi connectivity index (χ0) is 21.2. The summed E-state index contributed by atoms with van der Waals surface area (Å²) < 4.78 is 0. The number of nitrogens with one attached hydrogen (secondary N) is 1. The fourth-order valence-electron chi connectivity index (χ4n) is 4.62. The van der Waals surface area contributed by atoms with Crippen LogP contribution in [-0.2, 0) is 4.79 Å². The quantitative estimate of drug-likeness (QED) is 0.496. The number of nitrogens with zero attached hydrogens (tertiary/aromatic N) is 2. The molecule has 5 rings (SSSR count). The van der Waals surface area contributed by atoms with Gasteiger partial charge in [0.25, 0.3) is 0 Å². The molecule has 5 heteroatoms. The van der Waals surface area contributed by atoms with Crippen molar-refractivity contribution in [2.75, 3.05) is 31.1 Å². The Balaban J connectivity index is 1.52. The molecule has 0 aliphatic carbocycles. The number of aliphatic carboxylic acids is 1. The van der Waals surface area contributed by atoms with Gasteiger partial charge in [0.1, 0.15) is 6.04 Å². The van der Waals surface area contributed by atoms with Crippen molar-refractivity contribution in [3.8, 4) is 11.3 Å². The Morgan fingerprint density at radius 3 is 2.10 bits per heavy atom. The summed E-state index contributed by atoms with van der Waals surface area (Å²) in [5, 5.41) is 11.3. The average Bonchev–Trinajstić information content (AvgIpc) is 3.20. The summed E-state index contributed by atoms with van der Waals surface area (Å²) in [5.74, 6) is -0.810. The number of para-hydroxylation sites is 2. The molecule has 31 heavy (non-hydrogen) atoms. The van der Waals surface area contributed by atoms with E-state index in [1.54, 1.807) is 0 Å². The number of carboxylic acids is 1. The molecule has 2 N–H and O–H groups in total. The predicted molar refractivity (Wildman–Crippen MR) is 124 cm³/mol. The summed E-state index contributed by atoms with van der Waals surface area (Å²) in [6.07, 6.45) is 0. The number of hydrogen-bond acceptors (Lipinski definition) is 3. The van der Waals surface area contributed by atoms with Gasteiger partial charge in [-0.05, 0) is 23.8 Å². The van der Waals surface area contributed by atoms with Crippen LogP contribution in [0.15, 0.2) is 84.9 Å². The van der Waals surface area contributed by atoms with E-state index in [2.05, 4.69) is 26.9 Å². The molecule has 0 amide bonds. The summed E-state index contributed by atoms with van der Waals surface area (Å²) in [5.41, 5.74) is 4.89. The Morgan fingerprint density at radius 2 is 1.42 bits per heavy atom. The maximum Gasteiger partial charge on any atom is 0.325 e. The van der Waals surface area contributed by atoms with Crippen LogP contribution >= 0.6 is 0 Å². The van der Waals surface area contributed by atoms with Gasteiger partial charge >= 0.3 is 5.97 Å². The van der Waals surface area contributed by atoms with E-state index in [4.69, 9.17) is 0 Å². The van der Waals surface area contributed by atoms with Crippen molar-refractivity contribution in [2.45, 2.75) is 6.04 Å². The van der Waals surface area contributed by atoms with Crippen LogP contribution in [0.25, 0.3) is 22.2 Å². The minimum absolute atomic E-state index is 0.694. The van der Waals surface area contributed by atoms with Crippen LogP contribution in [0.5, 0.6) is 0 Å². The first-order valence-electron chi connectivity index (χ1n) is 10.7. The van der Waals surface area contributed by atoms with Crippen LogP contribution < -0.4 is 4.90 Å². The van der Waals surface area contributed by atoms with E-state index in [9.17, 15) is 9.90 Å². The van der Waals surface area contributed by atoms with Crippen molar-refractivity contribution in [1.29, 1.82) is 0 Å². The molecule has 1 aromatic heterocycles. The van der Waals surface area contributed by atoms with Gasteiger partial charge in [0.05, 0.1) is 5.69 Å². The van der Waals surface area contributed by atoms with Gasteiger partial charge in [0, 0.05) is 48.3 Å². The zero-order valence-electron chi connectivity index (χ0n) is 17.2. The first kappa shape index (κ1) is 19.4. The molecule has 1 saturated heterocycles. The molecule has 156 valence electrons. The number of benzene rings is 3. The lowest BCUT2D eigenvalue weighted by atomic mass is 9.97. The van der Waals surface area contributed by atoms with Crippen LogP contribution in [0.2, 0.25) is 0 Å². The first-order valence-corrected chi connectivity index (χ1v) is 10.7. The highest BCUT2D eigenvalue weighted by atomic mass is 16.4. The number of H-pyrrole nitrogens is 1. The molecule has 1 fully saturated rings. The number of anilines is 1. The molecular formula is C26H25N3O2. The van der Waals surface area contributed by atoms with Gasteiger partial charge < -0.3 is 15.0 Å². The fourth-order valence-corrected chi connectivity index (χ4v) is 4.62. The molecular weight excluding hydrogens is 386 g/mol. The van der Waals surface area contributed by atoms with E-state index in [0.717, 1.165) is 40.8 Å². The lowest BCUT2D eigenvalue weighted by Crippen LogP contribution is -2.49. The molecule has 1 aliphatic rings. The van der Waals surface area contributed by atoms with Crippen molar-refractivity contribution < 1.29 is 9.90 Å². The van der Waals surface area contributed by atoms with Crippen LogP contribution in [0.4, 0.5) is 5.69 Å². The van der Waals surface area contributed by atoms with Gasteiger partial charge in [0.2, 0.25) is 0 Å². The summed E-state index contributed by atoms with van der Waals surface area (Å²) in [6.45, 7) is 2.99. The second-order valence-corrected chi connectivity index (χ2v) is 7.92. The van der Waals surface area contributed by atoms with Crippen LogP contribution in [0.1, 0.15) is 11.6 Å². The third-order valence-corrected chi connectivity index (χ3v) is 6.12. The Labute approximate surface area is 181 Å². The molecule has 3 aromatic carbocycles. The minimum Gasteiger partial charge on any atom is -0.480 e. The Morgan fingerprint density at radius 1 is 0.806 bits per heavy atom. The zero-order valence-corrected chi connectivity index (χ0v) is 17.2. The molecule has 0 unspecified atom stereocenters. The Kier molecular flexibility index (Phi) is 5.18. The summed E-state index contributed by atoms with van der Waals surface area (Å²) in [6, 6.07) is 27.6. The van der Waals surface area contributed by atoms with E-state index < -0.39 is 12.0 Å². The smallest absolute Gasteiger partial charge is 0.325 e. The highest BCUT2D eigenvalue weighted by Crippen LogP contribution is 2.38. The molecule has 1 aliphatic heterocycles. The maximum absolute atomic E-state index is 12.6. The van der Waals surface area contributed by atoms with Crippen LogP contribution in [0, 0.1) is 0 Å². The summed E-state index contributed by atoms with van der Waals surface area (Å²) in [7, 11) is 0. The predicted octanol–water partition coefficient (Wildman–Crippen LogP) is 4.78. The van der Waals surface area contributed by atoms with E-state index in [0.29, 0.717) is 13.1 Å². The van der Waals surface area contributed by atoms with Gasteiger partial charge in [0.15, 0.2) is 0 Å². The maximum atomic E-state index is 12.6. The van der Waals surface area contributed by atoms with E-state index in [1.807, 2.05) is 72.8 Å². The molecule has 0 radical (unpaired) electrons. The van der Waals surface area contributed by atoms with Crippen molar-refractivity contribution in [3.63, 3.8) is 0 Å². The lowest BCUT2D eigenvalue weighted by Gasteiger charge is -2.39. The van der Waals surface area contributed by atoms with Crippen molar-refractivity contribution in [2.24, 2.45) is 0 Å². The largest absolute Gasteiger partial charge is 0.480 e. The van der Waals surface area contributed by atoms with Gasteiger partial charge in [-0.1, -0.05) is 66.7 Å². The number of rotatable bonds is 5. The number of hydrogen-bond donors (Lipinski definition) is 2. The monoisotopic (exact) mass is 411 g/mol. The fraction of sp³-hybridized carbons (Fsp3) is 0.192. The Hall–Kier alpha value is -3.57. The molecule has 2 heterocycles. The second kappa shape index (κ2) is 8.28. The van der Waals surface area contributed by atoms with Crippen molar-refractivity contribution in [1.82, 2.24) is 9.88 Å². The molecule has 4 aromatic rings. The topological polar surface area (TPSA) is 59.6 Å². The van der Waals surface area contributed by atoms with Gasteiger partial charge in [-0.3, -0.25) is 9.69 Å². The number of aromatic nitrogens is 1. The van der Waals surface area contributed by atoms with Crippen LogP contribution in [0.3, 0.4) is 0 Å². The third kappa shape index (κ3) is 3.68. The highest BCUT2D eigenvalue weighted by Gasteiger charge is 2.34. The number of aromatic amines is 1. The molecule has 1 atom stereocenters. The third-order valence-electron chi connectivity index (χ3n) is 6.12. The average molecular weight is 412 g/mol. The van der Waals surface area contributed by atoms with Gasteiger partial charge in [-0.15, -0.1) is 0 Å². The van der Waals surface area contributed by atoms with Gasteiger partial charge in [-0.25, -0.2) is 0 Å². The standard InChI is InChI=1S/C26H25N3O2/c30-26(31)25(29-17-15-28(16-18-29)20-11-5-2-6-12-20)23-21-13-7-8-14-22(21)27-24(23)19-9-3-1-4-10-19/h1-14,25,27H,15-18H2,(H,30,31)/t25-/m1/s1. The van der Waals surface area contributed by atoms with E-state index >= 15 is 0 Å². The lowest BCUT2D eigenvalue weighted by molar-refractivity contribution is -0.143. The van der Waals surface area contributed by atoms with Crippen molar-refractivity contribution in [3.05, 3.63) is 90.5 Å². The normalized spacial score (nSPS) is 15.8. The number of carbonyl (C=O) groups is 1. The molecule has 0 spiro atoms. The molecule has 0 bridgehead atoms. The van der Waals surface area contributed by atoms with E-state index in [1.165, 1.54) is 5.69 Å². The number of fused-ring (bicyclic) bond motifs is 1. The summed E-state index contributed by atoms with van der Waals surface area (Å²) >= 11 is 0. The number of carboxylic acid groups (broad SMARTS) is 1. The SMILES string of the molecule is O=C(O)[C@@H](c1c(-c2ccccc2)[nH]c2ccccc12)N1CCN(c2ccccc2)CC1. The van der Waals surface area contributed by atoms with Crippen LogP contribution in [-0.4, -0.2) is 47.1 Å². The molecule has 0 saturated carbocycles. The Bertz CT molecular complexity index is 1180. The van der Waals surface area contributed by atoms with Crippen molar-refractivity contribution >= 4 is 22.6 Å². The first-order chi connectivity index (χ1) is 15.2. The number of piperazine rings is 1. The highest BCUT2D eigenvalue weighted by molar-refractivity contribution is 5.95. The molecule has 5 nitrogen and oxygen atoms in total. The summed E-state index contributed by atoms with van der Waals surface area (Å²) in [4.78, 5) is 20.5. The minimum atomic E-state index is -0.810. The van der Waals surface area contributed by atoms with E-state index in [-0.39, 0.29) is 0 Å².